The lowest BCUT2D eigenvalue weighted by atomic mass is 10.2. The fourth-order valence-corrected chi connectivity index (χ4v) is 2.61. The van der Waals surface area contributed by atoms with E-state index in [0.29, 0.717) is 0 Å². The standard InChI is InChI=1S/C11H10F3NO3S/c1-6-2-9(13)10(4-8(6)12)15-5-7(3-11(15)16)19(14,17)18/h2,4,7H,3,5H2,1H3. The van der Waals surface area contributed by atoms with Crippen molar-refractivity contribution in [1.82, 2.24) is 0 Å². The van der Waals surface area contributed by atoms with Crippen LogP contribution < -0.4 is 4.90 Å². The van der Waals surface area contributed by atoms with Crippen LogP contribution in [0.1, 0.15) is 12.0 Å². The maximum absolute atomic E-state index is 13.7. The van der Waals surface area contributed by atoms with Gasteiger partial charge in [0, 0.05) is 19.0 Å². The van der Waals surface area contributed by atoms with Crippen molar-refractivity contribution in [3.8, 4) is 0 Å². The van der Waals surface area contributed by atoms with Gasteiger partial charge in [0.25, 0.3) is 0 Å². The van der Waals surface area contributed by atoms with Crippen molar-refractivity contribution in [1.29, 1.82) is 0 Å². The van der Waals surface area contributed by atoms with E-state index in [1.807, 2.05) is 0 Å². The molecule has 0 saturated carbocycles. The van der Waals surface area contributed by atoms with Gasteiger partial charge in [-0.1, -0.05) is 0 Å². The minimum atomic E-state index is -4.89. The van der Waals surface area contributed by atoms with E-state index < -0.39 is 46.0 Å². The first-order valence-corrected chi connectivity index (χ1v) is 6.84. The molecule has 0 spiro atoms. The zero-order valence-corrected chi connectivity index (χ0v) is 10.7. The second-order valence-corrected chi connectivity index (χ2v) is 5.98. The van der Waals surface area contributed by atoms with Gasteiger partial charge in [-0.3, -0.25) is 4.79 Å². The molecular weight excluding hydrogens is 283 g/mol. The highest BCUT2D eigenvalue weighted by Crippen LogP contribution is 2.29. The summed E-state index contributed by atoms with van der Waals surface area (Å²) >= 11 is 0. The molecule has 4 nitrogen and oxygen atoms in total. The molecule has 0 aromatic heterocycles. The highest BCUT2D eigenvalue weighted by molar-refractivity contribution is 7.87. The van der Waals surface area contributed by atoms with E-state index >= 15 is 0 Å². The summed E-state index contributed by atoms with van der Waals surface area (Å²) in [6, 6.07) is 1.70. The van der Waals surface area contributed by atoms with Crippen LogP contribution in [0, 0.1) is 18.6 Å². The summed E-state index contributed by atoms with van der Waals surface area (Å²) < 4.78 is 61.4. The van der Waals surface area contributed by atoms with Gasteiger partial charge in [0.15, 0.2) is 0 Å². The fourth-order valence-electron chi connectivity index (χ4n) is 1.94. The minimum absolute atomic E-state index is 0.0579. The molecule has 19 heavy (non-hydrogen) atoms. The monoisotopic (exact) mass is 293 g/mol. The van der Waals surface area contributed by atoms with Crippen molar-refractivity contribution in [2.75, 3.05) is 11.4 Å². The van der Waals surface area contributed by atoms with Crippen LogP contribution >= 0.6 is 0 Å². The molecule has 1 aliphatic heterocycles. The molecule has 1 amide bonds. The maximum atomic E-state index is 13.7. The number of carbonyl (C=O) groups is 1. The van der Waals surface area contributed by atoms with E-state index in [9.17, 15) is 25.9 Å². The molecule has 1 aromatic rings. The molecule has 1 aliphatic rings. The summed E-state index contributed by atoms with van der Waals surface area (Å²) in [5.41, 5.74) is -0.318. The fraction of sp³-hybridized carbons (Fsp3) is 0.364. The average molecular weight is 293 g/mol. The number of carbonyl (C=O) groups excluding carboxylic acids is 1. The van der Waals surface area contributed by atoms with Crippen LogP contribution in [-0.4, -0.2) is 26.1 Å². The van der Waals surface area contributed by atoms with E-state index in [-0.39, 0.29) is 11.3 Å². The number of hydrogen-bond donors (Lipinski definition) is 0. The Bertz CT molecular complexity index is 645. The van der Waals surface area contributed by atoms with Gasteiger partial charge in [0.2, 0.25) is 5.91 Å². The molecule has 1 saturated heterocycles. The summed E-state index contributed by atoms with van der Waals surface area (Å²) in [5.74, 6) is -2.34. The molecule has 1 fully saturated rings. The van der Waals surface area contributed by atoms with E-state index in [2.05, 4.69) is 0 Å². The zero-order chi connectivity index (χ0) is 14.4. The van der Waals surface area contributed by atoms with Crippen molar-refractivity contribution in [2.45, 2.75) is 18.6 Å². The first kappa shape index (κ1) is 13.9. The van der Waals surface area contributed by atoms with Gasteiger partial charge in [0.1, 0.15) is 16.9 Å². The first-order valence-electron chi connectivity index (χ1n) is 5.39. The van der Waals surface area contributed by atoms with Gasteiger partial charge in [-0.2, -0.15) is 8.42 Å². The molecule has 0 radical (unpaired) electrons. The maximum Gasteiger partial charge on any atom is 0.307 e. The van der Waals surface area contributed by atoms with Gasteiger partial charge in [-0.25, -0.2) is 8.78 Å². The van der Waals surface area contributed by atoms with Crippen LogP contribution in [-0.2, 0) is 15.0 Å². The molecule has 0 bridgehead atoms. The quantitative estimate of drug-likeness (QED) is 0.780. The van der Waals surface area contributed by atoms with Crippen molar-refractivity contribution >= 4 is 21.8 Å². The van der Waals surface area contributed by atoms with Crippen LogP contribution in [0.5, 0.6) is 0 Å². The topological polar surface area (TPSA) is 54.5 Å². The number of benzene rings is 1. The Morgan fingerprint density at radius 3 is 2.42 bits per heavy atom. The molecule has 1 atom stereocenters. The number of aryl methyl sites for hydroxylation is 1. The third kappa shape index (κ3) is 2.58. The van der Waals surface area contributed by atoms with E-state index in [0.717, 1.165) is 17.0 Å². The van der Waals surface area contributed by atoms with Gasteiger partial charge >= 0.3 is 10.2 Å². The predicted molar refractivity (Wildman–Crippen MR) is 61.9 cm³/mol. The molecule has 8 heteroatoms. The SMILES string of the molecule is Cc1cc(F)c(N2CC(S(=O)(=O)F)CC2=O)cc1F. The van der Waals surface area contributed by atoms with Gasteiger partial charge in [-0.15, -0.1) is 3.89 Å². The van der Waals surface area contributed by atoms with Crippen LogP contribution in [0.3, 0.4) is 0 Å². The Kier molecular flexibility index (Phi) is 3.29. The number of halogens is 3. The Labute approximate surface area is 108 Å². The van der Waals surface area contributed by atoms with Crippen LogP contribution in [0.2, 0.25) is 0 Å². The van der Waals surface area contributed by atoms with Crippen molar-refractivity contribution in [3.63, 3.8) is 0 Å². The van der Waals surface area contributed by atoms with Gasteiger partial charge in [0.05, 0.1) is 5.69 Å². The number of nitrogens with zero attached hydrogens (tertiary/aromatic N) is 1. The largest absolute Gasteiger partial charge is 0.308 e. The Balaban J connectivity index is 2.39. The Hall–Kier alpha value is -1.57. The van der Waals surface area contributed by atoms with Crippen molar-refractivity contribution in [3.05, 3.63) is 29.3 Å². The summed E-state index contributed by atoms with van der Waals surface area (Å²) in [6.07, 6.45) is -0.576. The lowest BCUT2D eigenvalue weighted by molar-refractivity contribution is -0.117. The van der Waals surface area contributed by atoms with E-state index in [4.69, 9.17) is 0 Å². The third-order valence-electron chi connectivity index (χ3n) is 3.01. The zero-order valence-electron chi connectivity index (χ0n) is 9.86. The number of rotatable bonds is 2. The highest BCUT2D eigenvalue weighted by Gasteiger charge is 2.40. The summed E-state index contributed by atoms with van der Waals surface area (Å²) in [4.78, 5) is 12.3. The van der Waals surface area contributed by atoms with Crippen LogP contribution in [0.25, 0.3) is 0 Å². The average Bonchev–Trinajstić information content (AvgIpc) is 2.65. The molecule has 1 heterocycles. The molecule has 0 N–H and O–H groups in total. The number of anilines is 1. The number of amides is 1. The van der Waals surface area contributed by atoms with Gasteiger partial charge < -0.3 is 4.90 Å². The molecule has 1 aromatic carbocycles. The molecule has 0 aliphatic carbocycles. The lowest BCUT2D eigenvalue weighted by Gasteiger charge is -2.17. The Morgan fingerprint density at radius 2 is 1.89 bits per heavy atom. The van der Waals surface area contributed by atoms with Crippen molar-refractivity contribution in [2.24, 2.45) is 0 Å². The van der Waals surface area contributed by atoms with Crippen molar-refractivity contribution < 1.29 is 25.9 Å². The minimum Gasteiger partial charge on any atom is -0.308 e. The Morgan fingerprint density at radius 1 is 1.26 bits per heavy atom. The van der Waals surface area contributed by atoms with Crippen LogP contribution in [0.4, 0.5) is 18.4 Å². The third-order valence-corrected chi connectivity index (χ3v) is 4.12. The number of hydrogen-bond acceptors (Lipinski definition) is 3. The van der Waals surface area contributed by atoms with E-state index in [1.165, 1.54) is 6.92 Å². The molecule has 104 valence electrons. The van der Waals surface area contributed by atoms with E-state index in [1.54, 1.807) is 0 Å². The van der Waals surface area contributed by atoms with Gasteiger partial charge in [-0.05, 0) is 18.6 Å². The molecule has 1 unspecified atom stereocenters. The molecule has 2 rings (SSSR count). The second kappa shape index (κ2) is 4.52. The molecular formula is C11H10F3NO3S. The normalized spacial score (nSPS) is 20.1. The summed E-state index contributed by atoms with van der Waals surface area (Å²) in [5, 5.41) is -1.54. The smallest absolute Gasteiger partial charge is 0.307 e. The lowest BCUT2D eigenvalue weighted by Crippen LogP contribution is -2.28. The first-order chi connectivity index (χ1) is 8.70. The van der Waals surface area contributed by atoms with Crippen LogP contribution in [0.15, 0.2) is 12.1 Å². The summed E-state index contributed by atoms with van der Waals surface area (Å²) in [7, 11) is -4.89. The second-order valence-electron chi connectivity index (χ2n) is 4.36. The summed E-state index contributed by atoms with van der Waals surface area (Å²) in [6.45, 7) is 0.833. The predicted octanol–water partition coefficient (Wildman–Crippen LogP) is 1.68. The highest BCUT2D eigenvalue weighted by atomic mass is 32.3.